The largest absolute Gasteiger partial charge is 0.453 e. The molecule has 0 saturated heterocycles. The van der Waals surface area contributed by atoms with E-state index in [1.807, 2.05) is 30.3 Å². The van der Waals surface area contributed by atoms with Crippen molar-refractivity contribution in [3.63, 3.8) is 0 Å². The number of fused-ring (bicyclic) bond motifs is 2. The van der Waals surface area contributed by atoms with E-state index in [4.69, 9.17) is 9.47 Å². The van der Waals surface area contributed by atoms with Gasteiger partial charge >= 0.3 is 0 Å². The zero-order valence-electron chi connectivity index (χ0n) is 28.8. The van der Waals surface area contributed by atoms with Gasteiger partial charge in [0.05, 0.1) is 11.1 Å². The molecule has 0 atom stereocenters. The van der Waals surface area contributed by atoms with Crippen molar-refractivity contribution in [1.29, 1.82) is 0 Å². The minimum absolute atomic E-state index is 0.687. The Balaban J connectivity index is 1.08. The molecule has 0 amide bonds. The van der Waals surface area contributed by atoms with Gasteiger partial charge in [0.15, 0.2) is 11.5 Å². The third-order valence-corrected chi connectivity index (χ3v) is 10.1. The molecule has 0 unspecified atom stereocenters. The van der Waals surface area contributed by atoms with Crippen LogP contribution >= 0.6 is 0 Å². The molecule has 0 radical (unpaired) electrons. The number of para-hydroxylation sites is 2. The van der Waals surface area contributed by atoms with Gasteiger partial charge in [0, 0.05) is 16.9 Å². The van der Waals surface area contributed by atoms with Gasteiger partial charge in [0.2, 0.25) is 0 Å². The quantitative estimate of drug-likeness (QED) is 0.175. The summed E-state index contributed by atoms with van der Waals surface area (Å²) < 4.78 is 13.0. The summed E-state index contributed by atoms with van der Waals surface area (Å²) in [6.45, 7) is 0. The molecule has 0 fully saturated rings. The first-order valence-electron chi connectivity index (χ1n) is 17.9. The minimum Gasteiger partial charge on any atom is -0.453 e. The van der Waals surface area contributed by atoms with Crippen molar-refractivity contribution < 1.29 is 9.47 Å². The Bertz CT molecular complexity index is 2780. The van der Waals surface area contributed by atoms with Gasteiger partial charge in [-0.25, -0.2) is 0 Å². The predicted octanol–water partition coefficient (Wildman–Crippen LogP) is 14.4. The van der Waals surface area contributed by atoms with Crippen molar-refractivity contribution in [3.8, 4) is 56.4 Å². The van der Waals surface area contributed by atoms with Gasteiger partial charge in [-0.3, -0.25) is 0 Å². The van der Waals surface area contributed by atoms with Crippen LogP contribution < -0.4 is 14.4 Å². The molecule has 1 aliphatic rings. The number of rotatable bonds is 6. The maximum Gasteiger partial charge on any atom is 0.170 e. The lowest BCUT2D eigenvalue weighted by Gasteiger charge is -2.28. The first kappa shape index (κ1) is 30.7. The van der Waals surface area contributed by atoms with E-state index in [0.717, 1.165) is 61.6 Å². The number of hydrogen-bond donors (Lipinski definition) is 0. The average Bonchev–Trinajstić information content (AvgIpc) is 3.39. The third kappa shape index (κ3) is 5.47. The van der Waals surface area contributed by atoms with E-state index >= 15 is 0 Å². The molecule has 3 nitrogen and oxygen atoms in total. The lowest BCUT2D eigenvalue weighted by molar-refractivity contribution is 0.439. The Morgan fingerprint density at radius 3 is 1.70 bits per heavy atom. The Hall–Kier alpha value is -7.10. The molecule has 250 valence electrons. The first-order valence-corrected chi connectivity index (χ1v) is 17.9. The summed E-state index contributed by atoms with van der Waals surface area (Å²) in [6, 6.07) is 70.4. The van der Waals surface area contributed by atoms with Crippen LogP contribution in [0.25, 0.3) is 54.9 Å². The third-order valence-electron chi connectivity index (χ3n) is 10.1. The SMILES string of the molecule is c1ccc(N(c2ccc(-c3cccc4ccccc34)cc2)c2ccccc2-c2ccccc2-c2ccc3c(c2)Oc2cccc4cccc(c24)O3)cc1. The molecule has 1 heterocycles. The highest BCUT2D eigenvalue weighted by molar-refractivity contribution is 5.98. The van der Waals surface area contributed by atoms with E-state index in [9.17, 15) is 0 Å². The van der Waals surface area contributed by atoms with E-state index in [2.05, 4.69) is 175 Å². The van der Waals surface area contributed by atoms with Crippen LogP contribution in [-0.4, -0.2) is 0 Å². The second-order valence-electron chi connectivity index (χ2n) is 13.3. The number of nitrogens with zero attached hydrogens (tertiary/aromatic N) is 1. The highest BCUT2D eigenvalue weighted by Crippen LogP contribution is 2.49. The van der Waals surface area contributed by atoms with Gasteiger partial charge in [-0.05, 0) is 98.6 Å². The average molecular weight is 680 g/mol. The fourth-order valence-electron chi connectivity index (χ4n) is 7.66. The van der Waals surface area contributed by atoms with Crippen LogP contribution in [0, 0.1) is 0 Å². The molecule has 9 aromatic rings. The second kappa shape index (κ2) is 12.9. The molecule has 0 bridgehead atoms. The van der Waals surface area contributed by atoms with E-state index in [1.54, 1.807) is 0 Å². The Labute approximate surface area is 308 Å². The number of ether oxygens (including phenoxy) is 2. The van der Waals surface area contributed by atoms with Crippen molar-refractivity contribution in [2.24, 2.45) is 0 Å². The fourth-order valence-corrected chi connectivity index (χ4v) is 7.66. The van der Waals surface area contributed by atoms with Crippen molar-refractivity contribution in [3.05, 3.63) is 200 Å². The molecule has 53 heavy (non-hydrogen) atoms. The van der Waals surface area contributed by atoms with Crippen molar-refractivity contribution in [2.45, 2.75) is 0 Å². The Morgan fingerprint density at radius 2 is 0.887 bits per heavy atom. The lowest BCUT2D eigenvalue weighted by Crippen LogP contribution is -2.11. The summed E-state index contributed by atoms with van der Waals surface area (Å²) in [5.41, 5.74) is 10.0. The number of hydrogen-bond acceptors (Lipinski definition) is 3. The molecule has 1 aliphatic heterocycles. The molecule has 10 rings (SSSR count). The number of benzene rings is 9. The maximum absolute atomic E-state index is 6.59. The van der Waals surface area contributed by atoms with E-state index in [1.165, 1.54) is 21.9 Å². The summed E-state index contributed by atoms with van der Waals surface area (Å²) in [5.74, 6) is 2.96. The van der Waals surface area contributed by atoms with E-state index in [-0.39, 0.29) is 0 Å². The van der Waals surface area contributed by atoms with Gasteiger partial charge < -0.3 is 14.4 Å². The van der Waals surface area contributed by atoms with Crippen LogP contribution in [0.1, 0.15) is 0 Å². The van der Waals surface area contributed by atoms with Gasteiger partial charge in [-0.15, -0.1) is 0 Å². The topological polar surface area (TPSA) is 21.7 Å². The lowest BCUT2D eigenvalue weighted by atomic mass is 9.92. The molecule has 3 heteroatoms. The highest BCUT2D eigenvalue weighted by Gasteiger charge is 2.22. The van der Waals surface area contributed by atoms with E-state index in [0.29, 0.717) is 11.5 Å². The van der Waals surface area contributed by atoms with Crippen LogP contribution in [0.3, 0.4) is 0 Å². The van der Waals surface area contributed by atoms with Crippen LogP contribution in [-0.2, 0) is 0 Å². The standard InChI is InChI=1S/C50H33NO2/c1-2-17-38(18-3-1)51(39-30-27-35(28-31-39)41-23-10-14-34-13-4-5-19-40(34)41)45-24-9-8-22-44(45)43-21-7-6-20-42(43)37-29-32-46-49(33-37)53-48-26-12-16-36-15-11-25-47(52-46)50(36)48/h1-33H. The normalized spacial score (nSPS) is 11.7. The van der Waals surface area contributed by atoms with Gasteiger partial charge in [-0.2, -0.15) is 0 Å². The monoisotopic (exact) mass is 679 g/mol. The molecule has 0 saturated carbocycles. The smallest absolute Gasteiger partial charge is 0.170 e. The predicted molar refractivity (Wildman–Crippen MR) is 219 cm³/mol. The summed E-state index contributed by atoms with van der Waals surface area (Å²) in [7, 11) is 0. The van der Waals surface area contributed by atoms with Crippen LogP contribution in [0.15, 0.2) is 200 Å². The molecule has 0 aromatic heterocycles. The Kier molecular flexibility index (Phi) is 7.47. The molecule has 9 aromatic carbocycles. The molecule has 0 N–H and O–H groups in total. The first-order chi connectivity index (χ1) is 26.3. The number of anilines is 3. The molecule has 0 spiro atoms. The van der Waals surface area contributed by atoms with Crippen LogP contribution in [0.4, 0.5) is 17.1 Å². The van der Waals surface area contributed by atoms with Gasteiger partial charge in [0.25, 0.3) is 0 Å². The summed E-state index contributed by atoms with van der Waals surface area (Å²) in [5, 5.41) is 4.55. The van der Waals surface area contributed by atoms with E-state index < -0.39 is 0 Å². The maximum atomic E-state index is 6.59. The summed E-state index contributed by atoms with van der Waals surface area (Å²) in [6.07, 6.45) is 0. The van der Waals surface area contributed by atoms with Gasteiger partial charge in [-0.1, -0.05) is 146 Å². The van der Waals surface area contributed by atoms with Gasteiger partial charge in [0.1, 0.15) is 11.5 Å². The zero-order chi connectivity index (χ0) is 35.1. The summed E-state index contributed by atoms with van der Waals surface area (Å²) in [4.78, 5) is 2.35. The summed E-state index contributed by atoms with van der Waals surface area (Å²) >= 11 is 0. The molecular weight excluding hydrogens is 647 g/mol. The molecular formula is C50H33NO2. The Morgan fingerprint density at radius 1 is 0.321 bits per heavy atom. The second-order valence-corrected chi connectivity index (χ2v) is 13.3. The van der Waals surface area contributed by atoms with Crippen molar-refractivity contribution in [2.75, 3.05) is 4.90 Å². The molecule has 0 aliphatic carbocycles. The van der Waals surface area contributed by atoms with Crippen molar-refractivity contribution in [1.82, 2.24) is 0 Å². The van der Waals surface area contributed by atoms with Crippen molar-refractivity contribution >= 4 is 38.6 Å². The van der Waals surface area contributed by atoms with Crippen LogP contribution in [0.2, 0.25) is 0 Å². The zero-order valence-corrected chi connectivity index (χ0v) is 28.8. The highest BCUT2D eigenvalue weighted by atomic mass is 16.5. The van der Waals surface area contributed by atoms with Crippen LogP contribution in [0.5, 0.6) is 23.0 Å². The minimum atomic E-state index is 0.687. The fraction of sp³-hybridized carbons (Fsp3) is 0.